The van der Waals surface area contributed by atoms with E-state index in [1.54, 1.807) is 0 Å². The molecule has 0 heterocycles. The van der Waals surface area contributed by atoms with Gasteiger partial charge >= 0.3 is 0 Å². The molecule has 0 aliphatic carbocycles. The first kappa shape index (κ1) is 17.0. The van der Waals surface area contributed by atoms with Gasteiger partial charge in [-0.2, -0.15) is 0 Å². The highest BCUT2D eigenvalue weighted by atomic mass is 19.1. The summed E-state index contributed by atoms with van der Waals surface area (Å²) in [6.07, 6.45) is 4.07. The summed E-state index contributed by atoms with van der Waals surface area (Å²) in [5.74, 6) is 0.211. The van der Waals surface area contributed by atoms with Gasteiger partial charge in [-0.15, -0.1) is 0 Å². The highest BCUT2D eigenvalue weighted by Crippen LogP contribution is 2.16. The van der Waals surface area contributed by atoms with Crippen molar-refractivity contribution in [2.75, 3.05) is 32.3 Å². The molecule has 0 radical (unpaired) electrons. The molecule has 2 aromatic rings. The van der Waals surface area contributed by atoms with E-state index in [4.69, 9.17) is 9.84 Å². The molecule has 4 heteroatoms. The summed E-state index contributed by atoms with van der Waals surface area (Å²) in [7, 11) is 1.89. The van der Waals surface area contributed by atoms with E-state index in [1.165, 1.54) is 0 Å². The third kappa shape index (κ3) is 5.42. The highest BCUT2D eigenvalue weighted by Gasteiger charge is 2.07. The van der Waals surface area contributed by atoms with Crippen molar-refractivity contribution in [2.24, 2.45) is 5.92 Å². The Morgan fingerprint density at radius 1 is 1.04 bits per heavy atom. The van der Waals surface area contributed by atoms with Gasteiger partial charge in [0.1, 0.15) is 5.75 Å². The zero-order valence-corrected chi connectivity index (χ0v) is 13.2. The zero-order chi connectivity index (χ0) is 16.5. The van der Waals surface area contributed by atoms with Gasteiger partial charge in [0.2, 0.25) is 0 Å². The van der Waals surface area contributed by atoms with Crippen LogP contribution in [0, 0.1) is 5.92 Å². The van der Waals surface area contributed by atoms with Crippen LogP contribution in [0.1, 0.15) is 11.1 Å². The van der Waals surface area contributed by atoms with Crippen LogP contribution in [0.2, 0.25) is 0 Å². The predicted molar refractivity (Wildman–Crippen MR) is 93.4 cm³/mol. The van der Waals surface area contributed by atoms with Crippen molar-refractivity contribution in [3.05, 3.63) is 59.7 Å². The number of rotatable bonds is 8. The van der Waals surface area contributed by atoms with Crippen LogP contribution in [0.3, 0.4) is 0 Å². The van der Waals surface area contributed by atoms with Gasteiger partial charge in [-0.3, -0.25) is 4.39 Å². The van der Waals surface area contributed by atoms with Crippen molar-refractivity contribution in [2.45, 2.75) is 0 Å². The van der Waals surface area contributed by atoms with Crippen molar-refractivity contribution in [3.63, 3.8) is 0 Å². The largest absolute Gasteiger partial charge is 0.493 e. The van der Waals surface area contributed by atoms with E-state index in [-0.39, 0.29) is 13.2 Å². The van der Waals surface area contributed by atoms with Crippen molar-refractivity contribution >= 4 is 17.8 Å². The van der Waals surface area contributed by atoms with Crippen LogP contribution in [0.5, 0.6) is 5.75 Å². The molecule has 0 fully saturated rings. The maximum absolute atomic E-state index is 12.5. The first-order chi connectivity index (χ1) is 11.2. The fourth-order valence-electron chi connectivity index (χ4n) is 1.99. The molecule has 2 aromatic carbocycles. The summed E-state index contributed by atoms with van der Waals surface area (Å²) in [5.41, 5.74) is 3.26. The Labute approximate surface area is 136 Å². The number of hydrogen-bond acceptors (Lipinski definition) is 3. The molecule has 23 heavy (non-hydrogen) atoms. The van der Waals surface area contributed by atoms with Gasteiger partial charge < -0.3 is 15.2 Å². The standard InChI is InChI=1S/C19H22FNO2/c1-21-18-8-4-15(5-9-18)2-3-16-6-10-19(11-7-16)23-14-17(12-20)13-22/h2-11,17,21-22H,12-14H2,1H3/b3-2+. The van der Waals surface area contributed by atoms with Crippen molar-refractivity contribution in [1.29, 1.82) is 0 Å². The van der Waals surface area contributed by atoms with Gasteiger partial charge in [0.25, 0.3) is 0 Å². The number of anilines is 1. The summed E-state index contributed by atoms with van der Waals surface area (Å²) >= 11 is 0. The van der Waals surface area contributed by atoms with Gasteiger partial charge in [-0.25, -0.2) is 0 Å². The molecule has 0 aromatic heterocycles. The van der Waals surface area contributed by atoms with E-state index in [1.807, 2.05) is 67.7 Å². The SMILES string of the molecule is CNc1ccc(/C=C/c2ccc(OCC(CO)CF)cc2)cc1. The number of benzene rings is 2. The summed E-state index contributed by atoms with van der Waals surface area (Å²) in [5, 5.41) is 12.0. The number of ether oxygens (including phenoxy) is 1. The molecule has 0 saturated heterocycles. The van der Waals surface area contributed by atoms with Crippen molar-refractivity contribution < 1.29 is 14.2 Å². The van der Waals surface area contributed by atoms with E-state index >= 15 is 0 Å². The number of halogens is 1. The third-order valence-corrected chi connectivity index (χ3v) is 3.51. The quantitative estimate of drug-likeness (QED) is 0.727. The molecule has 3 nitrogen and oxygen atoms in total. The molecular weight excluding hydrogens is 293 g/mol. The van der Waals surface area contributed by atoms with Crippen LogP contribution in [0.4, 0.5) is 10.1 Å². The Morgan fingerprint density at radius 2 is 1.61 bits per heavy atom. The number of aliphatic hydroxyl groups excluding tert-OH is 1. The minimum atomic E-state index is -0.580. The number of hydrogen-bond donors (Lipinski definition) is 2. The molecule has 2 rings (SSSR count). The molecule has 1 unspecified atom stereocenters. The molecule has 2 N–H and O–H groups in total. The normalized spacial score (nSPS) is 12.3. The second-order valence-electron chi connectivity index (χ2n) is 5.29. The number of alkyl halides is 1. The van der Waals surface area contributed by atoms with E-state index in [0.29, 0.717) is 5.75 Å². The van der Waals surface area contributed by atoms with Gasteiger partial charge in [-0.1, -0.05) is 36.4 Å². The van der Waals surface area contributed by atoms with Crippen LogP contribution in [-0.2, 0) is 0 Å². The Hall–Kier alpha value is -2.33. The van der Waals surface area contributed by atoms with Crippen molar-refractivity contribution in [1.82, 2.24) is 0 Å². The number of aliphatic hydroxyl groups is 1. The zero-order valence-electron chi connectivity index (χ0n) is 13.2. The monoisotopic (exact) mass is 315 g/mol. The second-order valence-corrected chi connectivity index (χ2v) is 5.29. The lowest BCUT2D eigenvalue weighted by Crippen LogP contribution is -2.17. The van der Waals surface area contributed by atoms with Gasteiger partial charge in [0, 0.05) is 18.7 Å². The Kier molecular flexibility index (Phi) is 6.63. The van der Waals surface area contributed by atoms with E-state index in [2.05, 4.69) is 5.32 Å². The maximum Gasteiger partial charge on any atom is 0.119 e. The Bertz CT molecular complexity index is 604. The first-order valence-electron chi connectivity index (χ1n) is 7.60. The fourth-order valence-corrected chi connectivity index (χ4v) is 1.99. The van der Waals surface area contributed by atoms with Gasteiger partial charge in [0.05, 0.1) is 19.9 Å². The smallest absolute Gasteiger partial charge is 0.119 e. The molecule has 0 saturated carbocycles. The maximum atomic E-state index is 12.5. The summed E-state index contributed by atoms with van der Waals surface area (Å²) in [6, 6.07) is 15.7. The average molecular weight is 315 g/mol. The molecule has 0 amide bonds. The fraction of sp³-hybridized carbons (Fsp3) is 0.263. The Balaban J connectivity index is 1.92. The lowest BCUT2D eigenvalue weighted by Gasteiger charge is -2.11. The topological polar surface area (TPSA) is 41.5 Å². The lowest BCUT2D eigenvalue weighted by molar-refractivity contribution is 0.140. The first-order valence-corrected chi connectivity index (χ1v) is 7.60. The second kappa shape index (κ2) is 8.96. The van der Waals surface area contributed by atoms with Crippen molar-refractivity contribution in [3.8, 4) is 5.75 Å². The van der Waals surface area contributed by atoms with E-state index in [0.717, 1.165) is 16.8 Å². The van der Waals surface area contributed by atoms with Crippen LogP contribution < -0.4 is 10.1 Å². The van der Waals surface area contributed by atoms with Crippen LogP contribution >= 0.6 is 0 Å². The molecule has 122 valence electrons. The molecule has 0 bridgehead atoms. The van der Waals surface area contributed by atoms with Crippen LogP contribution in [0.25, 0.3) is 12.2 Å². The average Bonchev–Trinajstić information content (AvgIpc) is 2.62. The summed E-state index contributed by atoms with van der Waals surface area (Å²) < 4.78 is 17.9. The minimum absolute atomic E-state index is 0.181. The van der Waals surface area contributed by atoms with E-state index < -0.39 is 12.6 Å². The minimum Gasteiger partial charge on any atom is -0.493 e. The molecular formula is C19H22FNO2. The van der Waals surface area contributed by atoms with E-state index in [9.17, 15) is 4.39 Å². The Morgan fingerprint density at radius 3 is 2.09 bits per heavy atom. The molecule has 0 aliphatic heterocycles. The summed E-state index contributed by atoms with van der Waals surface area (Å²) in [6.45, 7) is -0.604. The molecule has 1 atom stereocenters. The summed E-state index contributed by atoms with van der Waals surface area (Å²) in [4.78, 5) is 0. The third-order valence-electron chi connectivity index (χ3n) is 3.51. The highest BCUT2D eigenvalue weighted by molar-refractivity contribution is 5.70. The van der Waals surface area contributed by atoms with Gasteiger partial charge in [-0.05, 0) is 35.4 Å². The lowest BCUT2D eigenvalue weighted by atomic mass is 10.1. The molecule has 0 aliphatic rings. The van der Waals surface area contributed by atoms with Crippen LogP contribution in [-0.4, -0.2) is 32.0 Å². The van der Waals surface area contributed by atoms with Crippen LogP contribution in [0.15, 0.2) is 48.5 Å². The molecule has 0 spiro atoms. The predicted octanol–water partition coefficient (Wildman–Crippen LogP) is 3.86. The van der Waals surface area contributed by atoms with Gasteiger partial charge in [0.15, 0.2) is 0 Å². The number of nitrogens with one attached hydrogen (secondary N) is 1.